The number of halogens is 3. The van der Waals surface area contributed by atoms with E-state index in [2.05, 4.69) is 5.32 Å². The van der Waals surface area contributed by atoms with E-state index in [1.165, 1.54) is 29.2 Å². The van der Waals surface area contributed by atoms with E-state index in [9.17, 15) is 18.0 Å². The number of sulfonamides is 1. The topological polar surface area (TPSA) is 86.8 Å². The minimum Gasteiger partial charge on any atom is -0.354 e. The van der Waals surface area contributed by atoms with Crippen LogP contribution in [0.2, 0.25) is 15.1 Å². The minimum absolute atomic E-state index is 0.0332. The van der Waals surface area contributed by atoms with Gasteiger partial charge in [0.15, 0.2) is 0 Å². The smallest absolute Gasteiger partial charge is 0.264 e. The number of amides is 2. The molecule has 0 bridgehead atoms. The van der Waals surface area contributed by atoms with Gasteiger partial charge in [0.25, 0.3) is 10.0 Å². The van der Waals surface area contributed by atoms with Gasteiger partial charge in [-0.3, -0.25) is 13.9 Å². The Labute approximate surface area is 279 Å². The summed E-state index contributed by atoms with van der Waals surface area (Å²) in [6.45, 7) is 3.59. The lowest BCUT2D eigenvalue weighted by Gasteiger charge is -2.34. The summed E-state index contributed by atoms with van der Waals surface area (Å²) in [5.41, 5.74) is 2.60. The van der Waals surface area contributed by atoms with Crippen molar-refractivity contribution in [3.8, 4) is 0 Å². The average molecular weight is 687 g/mol. The zero-order valence-electron chi connectivity index (χ0n) is 24.9. The second kappa shape index (κ2) is 15.6. The first-order chi connectivity index (χ1) is 21.5. The van der Waals surface area contributed by atoms with Crippen molar-refractivity contribution in [3.63, 3.8) is 0 Å². The summed E-state index contributed by atoms with van der Waals surface area (Å²) in [5.74, 6) is -0.951. The summed E-state index contributed by atoms with van der Waals surface area (Å²) in [6, 6.07) is 25.8. The largest absolute Gasteiger partial charge is 0.354 e. The fourth-order valence-corrected chi connectivity index (χ4v) is 6.74. The van der Waals surface area contributed by atoms with E-state index < -0.39 is 28.5 Å². The van der Waals surface area contributed by atoms with E-state index in [-0.39, 0.29) is 23.8 Å². The Kier molecular flexibility index (Phi) is 11.9. The number of hydrogen-bond acceptors (Lipinski definition) is 4. The highest BCUT2D eigenvalue weighted by Crippen LogP contribution is 2.28. The van der Waals surface area contributed by atoms with Crippen LogP contribution < -0.4 is 9.62 Å². The van der Waals surface area contributed by atoms with Gasteiger partial charge in [-0.05, 0) is 73.0 Å². The molecule has 1 atom stereocenters. The zero-order valence-corrected chi connectivity index (χ0v) is 28.0. The van der Waals surface area contributed by atoms with Crippen molar-refractivity contribution in [2.75, 3.05) is 17.4 Å². The minimum atomic E-state index is -4.23. The first-order valence-electron chi connectivity index (χ1n) is 14.4. The van der Waals surface area contributed by atoms with Crippen LogP contribution in [0.15, 0.2) is 102 Å². The number of rotatable bonds is 13. The van der Waals surface area contributed by atoms with Crippen molar-refractivity contribution in [3.05, 3.63) is 129 Å². The summed E-state index contributed by atoms with van der Waals surface area (Å²) in [7, 11) is -4.23. The van der Waals surface area contributed by atoms with Crippen molar-refractivity contribution in [2.45, 2.75) is 44.2 Å². The number of nitrogens with zero attached hydrogens (tertiary/aromatic N) is 2. The first-order valence-corrected chi connectivity index (χ1v) is 17.0. The van der Waals surface area contributed by atoms with E-state index >= 15 is 0 Å². The molecule has 0 spiro atoms. The van der Waals surface area contributed by atoms with E-state index in [1.807, 2.05) is 44.2 Å². The molecule has 7 nitrogen and oxygen atoms in total. The Balaban J connectivity index is 1.81. The van der Waals surface area contributed by atoms with E-state index in [0.29, 0.717) is 39.3 Å². The Hall–Kier alpha value is -3.56. The highest BCUT2D eigenvalue weighted by Gasteiger charge is 2.35. The Morgan fingerprint density at radius 1 is 0.844 bits per heavy atom. The average Bonchev–Trinajstić information content (AvgIpc) is 3.02. The van der Waals surface area contributed by atoms with Crippen LogP contribution in [-0.2, 0) is 32.6 Å². The number of hydrogen-bond donors (Lipinski definition) is 1. The van der Waals surface area contributed by atoms with Gasteiger partial charge in [0.2, 0.25) is 11.8 Å². The third-order valence-electron chi connectivity index (χ3n) is 7.18. The Morgan fingerprint density at radius 2 is 1.49 bits per heavy atom. The molecule has 0 unspecified atom stereocenters. The van der Waals surface area contributed by atoms with E-state index in [4.69, 9.17) is 34.8 Å². The van der Waals surface area contributed by atoms with Gasteiger partial charge in [-0.1, -0.05) is 95.8 Å². The van der Waals surface area contributed by atoms with Gasteiger partial charge in [-0.25, -0.2) is 8.42 Å². The second-order valence-electron chi connectivity index (χ2n) is 10.6. The summed E-state index contributed by atoms with van der Waals surface area (Å²) in [4.78, 5) is 29.6. The van der Waals surface area contributed by atoms with Gasteiger partial charge >= 0.3 is 0 Å². The van der Waals surface area contributed by atoms with Gasteiger partial charge in [-0.2, -0.15) is 0 Å². The molecule has 4 rings (SSSR count). The van der Waals surface area contributed by atoms with Crippen molar-refractivity contribution < 1.29 is 18.0 Å². The molecule has 4 aromatic rings. The van der Waals surface area contributed by atoms with Gasteiger partial charge in [-0.15, -0.1) is 0 Å². The van der Waals surface area contributed by atoms with Crippen LogP contribution >= 0.6 is 34.8 Å². The quantitative estimate of drug-likeness (QED) is 0.160. The van der Waals surface area contributed by atoms with Crippen LogP contribution in [0.3, 0.4) is 0 Å². The van der Waals surface area contributed by atoms with Crippen LogP contribution in [0.1, 0.15) is 30.0 Å². The predicted octanol–water partition coefficient (Wildman–Crippen LogP) is 7.32. The van der Waals surface area contributed by atoms with Gasteiger partial charge in [0, 0.05) is 34.6 Å². The zero-order chi connectivity index (χ0) is 32.6. The van der Waals surface area contributed by atoms with Crippen molar-refractivity contribution in [1.29, 1.82) is 0 Å². The summed E-state index contributed by atoms with van der Waals surface area (Å²) in [6.07, 6.45) is 0.892. The molecule has 45 heavy (non-hydrogen) atoms. The highest BCUT2D eigenvalue weighted by atomic mass is 35.5. The predicted molar refractivity (Wildman–Crippen MR) is 181 cm³/mol. The molecule has 0 fully saturated rings. The standard InChI is InChI=1S/C34H34Cl3N3O4S/c1-3-19-38-34(42)32(20-25-7-5-4-6-8-25)39(22-26-11-12-28(36)21-31(26)37)33(41)23-40(29-15-9-24(2)10-16-29)45(43,44)30-17-13-27(35)14-18-30/h4-18,21,32H,3,19-20,22-23H2,1-2H3,(H,38,42)/t32-/m1/s1. The number of aryl methyl sites for hydroxylation is 1. The van der Waals surface area contributed by atoms with Gasteiger partial charge < -0.3 is 10.2 Å². The molecule has 4 aromatic carbocycles. The third-order valence-corrected chi connectivity index (χ3v) is 9.81. The van der Waals surface area contributed by atoms with Gasteiger partial charge in [0.05, 0.1) is 10.6 Å². The van der Waals surface area contributed by atoms with E-state index in [0.717, 1.165) is 15.4 Å². The second-order valence-corrected chi connectivity index (χ2v) is 13.7. The maximum atomic E-state index is 14.5. The van der Waals surface area contributed by atoms with Crippen molar-refractivity contribution in [1.82, 2.24) is 10.2 Å². The monoisotopic (exact) mass is 685 g/mol. The summed E-state index contributed by atoms with van der Waals surface area (Å²) in [5, 5.41) is 4.03. The van der Waals surface area contributed by atoms with Crippen molar-refractivity contribution >= 4 is 62.3 Å². The van der Waals surface area contributed by atoms with Crippen molar-refractivity contribution in [2.24, 2.45) is 0 Å². The molecule has 0 radical (unpaired) electrons. The molecule has 0 saturated carbocycles. The lowest BCUT2D eigenvalue weighted by Crippen LogP contribution is -2.53. The fraction of sp³-hybridized carbons (Fsp3) is 0.235. The Morgan fingerprint density at radius 3 is 2.11 bits per heavy atom. The molecule has 0 heterocycles. The Bertz CT molecular complexity index is 1720. The fourth-order valence-electron chi connectivity index (χ4n) is 4.73. The molecule has 0 saturated heterocycles. The summed E-state index contributed by atoms with van der Waals surface area (Å²) >= 11 is 18.7. The maximum Gasteiger partial charge on any atom is 0.264 e. The molecule has 0 aliphatic rings. The molecule has 1 N–H and O–H groups in total. The van der Waals surface area contributed by atoms with Crippen LogP contribution in [0.25, 0.3) is 0 Å². The normalized spacial score (nSPS) is 11.9. The van der Waals surface area contributed by atoms with Crippen LogP contribution in [0.5, 0.6) is 0 Å². The molecule has 0 aliphatic carbocycles. The third kappa shape index (κ3) is 9.01. The molecule has 2 amide bonds. The molecule has 0 aliphatic heterocycles. The lowest BCUT2D eigenvalue weighted by atomic mass is 10.0. The molecule has 236 valence electrons. The number of carbonyl (C=O) groups excluding carboxylic acids is 2. The molecular formula is C34H34Cl3N3O4S. The molecular weight excluding hydrogens is 653 g/mol. The number of anilines is 1. The van der Waals surface area contributed by atoms with Crippen LogP contribution in [0.4, 0.5) is 5.69 Å². The lowest BCUT2D eigenvalue weighted by molar-refractivity contribution is -0.140. The maximum absolute atomic E-state index is 14.5. The highest BCUT2D eigenvalue weighted by molar-refractivity contribution is 7.92. The van der Waals surface area contributed by atoms with Crippen LogP contribution in [-0.4, -0.2) is 44.3 Å². The molecule has 0 aromatic heterocycles. The number of carbonyl (C=O) groups is 2. The summed E-state index contributed by atoms with van der Waals surface area (Å²) < 4.78 is 29.2. The first kappa shape index (κ1) is 34.3. The van der Waals surface area contributed by atoms with Crippen LogP contribution in [0, 0.1) is 6.92 Å². The molecule has 11 heteroatoms. The SMILES string of the molecule is CCCNC(=O)[C@@H](Cc1ccccc1)N(Cc1ccc(Cl)cc1Cl)C(=O)CN(c1ccc(C)cc1)S(=O)(=O)c1ccc(Cl)cc1. The number of nitrogens with one attached hydrogen (secondary N) is 1. The number of benzene rings is 4. The van der Waals surface area contributed by atoms with E-state index in [1.54, 1.807) is 42.5 Å². The van der Waals surface area contributed by atoms with Gasteiger partial charge in [0.1, 0.15) is 12.6 Å².